The fourth-order valence-electron chi connectivity index (χ4n) is 3.15. The van der Waals surface area contributed by atoms with Crippen LogP contribution in [0.4, 0.5) is 17.2 Å². The molecule has 1 aliphatic heterocycles. The first-order valence-corrected chi connectivity index (χ1v) is 10.4. The van der Waals surface area contributed by atoms with Crippen LogP contribution in [0.25, 0.3) is 10.9 Å². The third kappa shape index (κ3) is 4.62. The Labute approximate surface area is 177 Å². The van der Waals surface area contributed by atoms with Crippen LogP contribution >= 0.6 is 11.8 Å². The normalized spacial score (nSPS) is 15.6. The number of hydrogen-bond acceptors (Lipinski definition) is 8. The SMILES string of the molecule is C#CCSc1nc(Nc2ccc(O[C@H]3CCNC3)cc2)c2cc([N+](=O)[O-])ccc2n1. The molecular formula is C21H19N5O3S. The second-order valence-corrected chi connectivity index (χ2v) is 7.63. The quantitative estimate of drug-likeness (QED) is 0.196. The highest BCUT2D eigenvalue weighted by Gasteiger charge is 2.16. The summed E-state index contributed by atoms with van der Waals surface area (Å²) in [7, 11) is 0. The van der Waals surface area contributed by atoms with Gasteiger partial charge < -0.3 is 15.4 Å². The van der Waals surface area contributed by atoms with Crippen molar-refractivity contribution in [3.8, 4) is 18.1 Å². The van der Waals surface area contributed by atoms with E-state index < -0.39 is 4.92 Å². The van der Waals surface area contributed by atoms with E-state index in [1.165, 1.54) is 23.9 Å². The molecule has 2 aromatic carbocycles. The van der Waals surface area contributed by atoms with Crippen molar-refractivity contribution in [3.05, 3.63) is 52.6 Å². The van der Waals surface area contributed by atoms with E-state index >= 15 is 0 Å². The van der Waals surface area contributed by atoms with Crippen molar-refractivity contribution in [2.24, 2.45) is 0 Å². The average molecular weight is 421 g/mol. The first-order chi connectivity index (χ1) is 14.6. The number of non-ortho nitro benzene ring substituents is 1. The van der Waals surface area contributed by atoms with E-state index in [0.29, 0.717) is 27.6 Å². The number of ether oxygens (including phenoxy) is 1. The number of benzene rings is 2. The maximum atomic E-state index is 11.2. The van der Waals surface area contributed by atoms with Crippen molar-refractivity contribution in [2.45, 2.75) is 17.7 Å². The van der Waals surface area contributed by atoms with Gasteiger partial charge in [-0.25, -0.2) is 9.97 Å². The lowest BCUT2D eigenvalue weighted by Crippen LogP contribution is -2.19. The number of fused-ring (bicyclic) bond motifs is 1. The fraction of sp³-hybridized carbons (Fsp3) is 0.238. The molecule has 1 fully saturated rings. The summed E-state index contributed by atoms with van der Waals surface area (Å²) in [6, 6.07) is 12.1. The van der Waals surface area contributed by atoms with E-state index in [2.05, 4.69) is 26.5 Å². The molecule has 0 saturated carbocycles. The second kappa shape index (κ2) is 8.98. The predicted octanol–water partition coefficient (Wildman–Crippen LogP) is 3.75. The van der Waals surface area contributed by atoms with Gasteiger partial charge in [0.05, 0.1) is 16.2 Å². The third-order valence-electron chi connectivity index (χ3n) is 4.59. The van der Waals surface area contributed by atoms with E-state index in [0.717, 1.165) is 30.9 Å². The van der Waals surface area contributed by atoms with E-state index in [1.807, 2.05) is 24.3 Å². The van der Waals surface area contributed by atoms with Crippen molar-refractivity contribution < 1.29 is 9.66 Å². The van der Waals surface area contributed by atoms with Crippen LogP contribution in [0.5, 0.6) is 5.75 Å². The molecule has 2 heterocycles. The van der Waals surface area contributed by atoms with Gasteiger partial charge in [-0.3, -0.25) is 10.1 Å². The molecule has 0 spiro atoms. The number of nitrogens with one attached hydrogen (secondary N) is 2. The molecule has 9 heteroatoms. The van der Waals surface area contributed by atoms with Gasteiger partial charge in [-0.2, -0.15) is 0 Å². The van der Waals surface area contributed by atoms with Crippen molar-refractivity contribution in [1.82, 2.24) is 15.3 Å². The number of thioether (sulfide) groups is 1. The Morgan fingerprint density at radius 2 is 2.13 bits per heavy atom. The molecule has 2 N–H and O–H groups in total. The Kier molecular flexibility index (Phi) is 5.97. The topological polar surface area (TPSA) is 102 Å². The molecule has 1 aliphatic rings. The molecule has 0 amide bonds. The lowest BCUT2D eigenvalue weighted by Gasteiger charge is -2.14. The van der Waals surface area contributed by atoms with Gasteiger partial charge in [0.25, 0.3) is 5.69 Å². The van der Waals surface area contributed by atoms with Crippen LogP contribution in [0.3, 0.4) is 0 Å². The summed E-state index contributed by atoms with van der Waals surface area (Å²) in [6.07, 6.45) is 6.52. The molecule has 0 radical (unpaired) electrons. The number of hydrogen-bond donors (Lipinski definition) is 2. The number of anilines is 2. The van der Waals surface area contributed by atoms with E-state index in [-0.39, 0.29) is 11.8 Å². The smallest absolute Gasteiger partial charge is 0.270 e. The number of nitrogens with zero attached hydrogens (tertiary/aromatic N) is 3. The summed E-state index contributed by atoms with van der Waals surface area (Å²) in [5, 5.41) is 18.8. The third-order valence-corrected chi connectivity index (χ3v) is 5.34. The molecule has 0 unspecified atom stereocenters. The van der Waals surface area contributed by atoms with Gasteiger partial charge in [0, 0.05) is 29.8 Å². The zero-order valence-corrected chi connectivity index (χ0v) is 16.8. The highest BCUT2D eigenvalue weighted by molar-refractivity contribution is 7.99. The number of nitro benzene ring substituents is 1. The van der Waals surface area contributed by atoms with Gasteiger partial charge in [-0.05, 0) is 43.3 Å². The molecular weight excluding hydrogens is 402 g/mol. The molecule has 30 heavy (non-hydrogen) atoms. The van der Waals surface area contributed by atoms with Gasteiger partial charge >= 0.3 is 0 Å². The Bertz CT molecular complexity index is 1110. The lowest BCUT2D eigenvalue weighted by molar-refractivity contribution is -0.384. The minimum absolute atomic E-state index is 0.0212. The summed E-state index contributed by atoms with van der Waals surface area (Å²) in [4.78, 5) is 19.7. The van der Waals surface area contributed by atoms with Gasteiger partial charge in [0.15, 0.2) is 5.16 Å². The molecule has 0 bridgehead atoms. The van der Waals surface area contributed by atoms with Crippen molar-refractivity contribution in [1.29, 1.82) is 0 Å². The summed E-state index contributed by atoms with van der Waals surface area (Å²) in [5.41, 5.74) is 1.37. The van der Waals surface area contributed by atoms with Gasteiger partial charge in [-0.15, -0.1) is 6.42 Å². The molecule has 3 aromatic rings. The van der Waals surface area contributed by atoms with Crippen LogP contribution in [0.2, 0.25) is 0 Å². The highest BCUT2D eigenvalue weighted by Crippen LogP contribution is 2.30. The Hall–Kier alpha value is -3.35. The first kappa shape index (κ1) is 19.9. The predicted molar refractivity (Wildman–Crippen MR) is 117 cm³/mol. The zero-order valence-electron chi connectivity index (χ0n) is 16.0. The standard InChI is InChI=1S/C21H19N5O3S/c1-2-11-30-21-24-19-8-5-15(26(27)28)12-18(19)20(25-21)23-14-3-6-16(7-4-14)29-17-9-10-22-13-17/h1,3-8,12,17,22H,9-11,13H2,(H,23,24,25)/t17-/m0/s1. The number of terminal acetylenes is 1. The van der Waals surface area contributed by atoms with Crippen LogP contribution < -0.4 is 15.4 Å². The van der Waals surface area contributed by atoms with E-state index in [4.69, 9.17) is 11.2 Å². The van der Waals surface area contributed by atoms with Crippen molar-refractivity contribution >= 4 is 39.9 Å². The molecule has 1 atom stereocenters. The maximum Gasteiger partial charge on any atom is 0.270 e. The minimum Gasteiger partial charge on any atom is -0.489 e. The van der Waals surface area contributed by atoms with E-state index in [1.54, 1.807) is 6.07 Å². The van der Waals surface area contributed by atoms with Crippen LogP contribution in [0.15, 0.2) is 47.6 Å². The monoisotopic (exact) mass is 421 g/mol. The molecule has 8 nitrogen and oxygen atoms in total. The first-order valence-electron chi connectivity index (χ1n) is 9.39. The van der Waals surface area contributed by atoms with Gasteiger partial charge in [0.2, 0.25) is 0 Å². The van der Waals surface area contributed by atoms with Crippen molar-refractivity contribution in [2.75, 3.05) is 24.2 Å². The lowest BCUT2D eigenvalue weighted by atomic mass is 10.2. The van der Waals surface area contributed by atoms with Crippen LogP contribution in [0, 0.1) is 22.5 Å². The largest absolute Gasteiger partial charge is 0.489 e. The average Bonchev–Trinajstić information content (AvgIpc) is 3.26. The molecule has 1 saturated heterocycles. The summed E-state index contributed by atoms with van der Waals surface area (Å²) < 4.78 is 5.94. The molecule has 0 aliphatic carbocycles. The summed E-state index contributed by atoms with van der Waals surface area (Å²) >= 11 is 1.33. The van der Waals surface area contributed by atoms with Crippen LogP contribution in [-0.2, 0) is 0 Å². The number of aromatic nitrogens is 2. The molecule has 152 valence electrons. The van der Waals surface area contributed by atoms with Crippen LogP contribution in [0.1, 0.15) is 6.42 Å². The van der Waals surface area contributed by atoms with Crippen molar-refractivity contribution in [3.63, 3.8) is 0 Å². The van der Waals surface area contributed by atoms with Gasteiger partial charge in [0.1, 0.15) is 17.7 Å². The fourth-order valence-corrected chi connectivity index (χ4v) is 3.68. The second-order valence-electron chi connectivity index (χ2n) is 6.69. The van der Waals surface area contributed by atoms with Gasteiger partial charge in [-0.1, -0.05) is 17.7 Å². The maximum absolute atomic E-state index is 11.2. The zero-order chi connectivity index (χ0) is 20.9. The van der Waals surface area contributed by atoms with E-state index in [9.17, 15) is 10.1 Å². The Balaban J connectivity index is 1.62. The van der Waals surface area contributed by atoms with Crippen LogP contribution in [-0.4, -0.2) is 39.8 Å². The summed E-state index contributed by atoms with van der Waals surface area (Å²) in [5.74, 6) is 4.26. The minimum atomic E-state index is -0.436. The number of nitro groups is 1. The summed E-state index contributed by atoms with van der Waals surface area (Å²) in [6.45, 7) is 1.82. The molecule has 1 aromatic heterocycles. The Morgan fingerprint density at radius 3 is 2.83 bits per heavy atom. The number of rotatable bonds is 7. The Morgan fingerprint density at radius 1 is 1.30 bits per heavy atom. The molecule has 4 rings (SSSR count). The highest BCUT2D eigenvalue weighted by atomic mass is 32.2.